The Hall–Kier alpha value is -1.69. The number of hydrogen-bond donors (Lipinski definition) is 2. The number of hydrogen-bond acceptors (Lipinski definition) is 2. The SMILES string of the molecule is CC(C)(CN)N1CC(c2ccc(F)c(F)c2)NC1=O. The largest absolute Gasteiger partial charge is 0.329 e. The summed E-state index contributed by atoms with van der Waals surface area (Å²) < 4.78 is 26.1. The minimum absolute atomic E-state index is 0.245. The van der Waals surface area contributed by atoms with Gasteiger partial charge in [0.05, 0.1) is 11.6 Å². The Kier molecular flexibility index (Phi) is 3.45. The quantitative estimate of drug-likeness (QED) is 0.878. The third kappa shape index (κ3) is 2.53. The lowest BCUT2D eigenvalue weighted by Crippen LogP contribution is -2.50. The first-order chi connectivity index (χ1) is 8.85. The Balaban J connectivity index is 2.21. The summed E-state index contributed by atoms with van der Waals surface area (Å²) in [5.41, 5.74) is 5.71. The van der Waals surface area contributed by atoms with E-state index in [1.54, 1.807) is 4.90 Å². The lowest BCUT2D eigenvalue weighted by Gasteiger charge is -2.33. The van der Waals surface area contributed by atoms with Crippen LogP contribution in [-0.2, 0) is 0 Å². The number of urea groups is 1. The van der Waals surface area contributed by atoms with Crippen LogP contribution in [-0.4, -0.2) is 29.6 Å². The van der Waals surface area contributed by atoms with E-state index in [4.69, 9.17) is 5.73 Å². The molecule has 0 saturated carbocycles. The van der Waals surface area contributed by atoms with Gasteiger partial charge in [-0.2, -0.15) is 0 Å². The number of benzene rings is 1. The normalized spacial score (nSPS) is 19.7. The van der Waals surface area contributed by atoms with Crippen molar-refractivity contribution in [3.05, 3.63) is 35.4 Å². The Bertz CT molecular complexity index is 505. The predicted molar refractivity (Wildman–Crippen MR) is 67.5 cm³/mol. The fourth-order valence-electron chi connectivity index (χ4n) is 2.09. The molecule has 0 radical (unpaired) electrons. The molecule has 1 atom stereocenters. The van der Waals surface area contributed by atoms with Crippen molar-refractivity contribution < 1.29 is 13.6 Å². The van der Waals surface area contributed by atoms with Crippen LogP contribution in [0, 0.1) is 11.6 Å². The van der Waals surface area contributed by atoms with Crippen molar-refractivity contribution in [2.45, 2.75) is 25.4 Å². The highest BCUT2D eigenvalue weighted by atomic mass is 19.2. The number of amides is 2. The van der Waals surface area contributed by atoms with Crippen LogP contribution in [0.15, 0.2) is 18.2 Å². The van der Waals surface area contributed by atoms with Gasteiger partial charge in [-0.25, -0.2) is 13.6 Å². The standard InChI is InChI=1S/C13H17F2N3O/c1-13(2,7-16)18-6-11(17-12(18)19)8-3-4-9(14)10(15)5-8/h3-5,11H,6-7,16H2,1-2H3,(H,17,19). The van der Waals surface area contributed by atoms with E-state index in [1.807, 2.05) is 13.8 Å². The molecule has 19 heavy (non-hydrogen) atoms. The molecule has 1 unspecified atom stereocenters. The molecule has 0 aliphatic carbocycles. The molecule has 4 nitrogen and oxygen atoms in total. The molecule has 0 aromatic heterocycles. The molecule has 1 aromatic carbocycles. The van der Waals surface area contributed by atoms with Crippen molar-refractivity contribution in [2.24, 2.45) is 5.73 Å². The molecule has 0 spiro atoms. The van der Waals surface area contributed by atoms with Gasteiger partial charge in [0.2, 0.25) is 0 Å². The van der Waals surface area contributed by atoms with Crippen LogP contribution in [0.3, 0.4) is 0 Å². The highest BCUT2D eigenvalue weighted by Crippen LogP contribution is 2.26. The second-order valence-corrected chi connectivity index (χ2v) is 5.30. The maximum Gasteiger partial charge on any atom is 0.318 e. The molecule has 2 rings (SSSR count). The molecule has 1 aliphatic rings. The fourth-order valence-corrected chi connectivity index (χ4v) is 2.09. The number of nitrogens with zero attached hydrogens (tertiary/aromatic N) is 1. The van der Waals surface area contributed by atoms with Gasteiger partial charge < -0.3 is 16.0 Å². The van der Waals surface area contributed by atoms with Crippen LogP contribution < -0.4 is 11.1 Å². The van der Waals surface area contributed by atoms with Crippen molar-refractivity contribution >= 4 is 6.03 Å². The van der Waals surface area contributed by atoms with Gasteiger partial charge in [-0.15, -0.1) is 0 Å². The average molecular weight is 269 g/mol. The van der Waals surface area contributed by atoms with E-state index in [0.29, 0.717) is 18.7 Å². The third-order valence-corrected chi connectivity index (χ3v) is 3.48. The van der Waals surface area contributed by atoms with Crippen LogP contribution in [0.5, 0.6) is 0 Å². The van der Waals surface area contributed by atoms with E-state index < -0.39 is 17.2 Å². The number of carbonyl (C=O) groups excluding carboxylic acids is 1. The summed E-state index contributed by atoms with van der Waals surface area (Å²) in [6, 6.07) is 3.05. The molecular weight excluding hydrogens is 252 g/mol. The van der Waals surface area contributed by atoms with E-state index >= 15 is 0 Å². The molecular formula is C13H17F2N3O. The number of carbonyl (C=O) groups is 1. The van der Waals surface area contributed by atoms with Crippen molar-refractivity contribution in [2.75, 3.05) is 13.1 Å². The van der Waals surface area contributed by atoms with Crippen molar-refractivity contribution in [3.63, 3.8) is 0 Å². The second kappa shape index (κ2) is 4.77. The summed E-state index contributed by atoms with van der Waals surface area (Å²) >= 11 is 0. The summed E-state index contributed by atoms with van der Waals surface area (Å²) in [5.74, 6) is -1.81. The van der Waals surface area contributed by atoms with Crippen LogP contribution in [0.1, 0.15) is 25.5 Å². The maximum absolute atomic E-state index is 13.2. The van der Waals surface area contributed by atoms with E-state index in [9.17, 15) is 13.6 Å². The maximum atomic E-state index is 13.2. The number of rotatable bonds is 3. The van der Waals surface area contributed by atoms with E-state index in [1.165, 1.54) is 6.07 Å². The van der Waals surface area contributed by atoms with Gasteiger partial charge in [0.25, 0.3) is 0 Å². The minimum atomic E-state index is -0.914. The smallest absolute Gasteiger partial charge is 0.318 e. The molecule has 1 aliphatic heterocycles. The van der Waals surface area contributed by atoms with E-state index in [2.05, 4.69) is 5.32 Å². The van der Waals surface area contributed by atoms with Crippen molar-refractivity contribution in [1.29, 1.82) is 0 Å². The fraction of sp³-hybridized carbons (Fsp3) is 0.462. The topological polar surface area (TPSA) is 58.4 Å². The van der Waals surface area contributed by atoms with Crippen LogP contribution >= 0.6 is 0 Å². The average Bonchev–Trinajstić information content (AvgIpc) is 2.75. The van der Waals surface area contributed by atoms with Gasteiger partial charge in [-0.1, -0.05) is 6.07 Å². The van der Waals surface area contributed by atoms with Crippen LogP contribution in [0.25, 0.3) is 0 Å². The summed E-state index contributed by atoms with van der Waals surface area (Å²) in [7, 11) is 0. The number of nitrogens with one attached hydrogen (secondary N) is 1. The Morgan fingerprint density at radius 2 is 2.11 bits per heavy atom. The molecule has 104 valence electrons. The van der Waals surface area contributed by atoms with Gasteiger partial charge in [0.1, 0.15) is 0 Å². The van der Waals surface area contributed by atoms with Gasteiger partial charge in [-0.05, 0) is 31.5 Å². The summed E-state index contributed by atoms with van der Waals surface area (Å²) in [4.78, 5) is 13.5. The molecule has 1 heterocycles. The molecule has 1 fully saturated rings. The lowest BCUT2D eigenvalue weighted by atomic mass is 10.0. The minimum Gasteiger partial charge on any atom is -0.329 e. The molecule has 0 bridgehead atoms. The first kappa shape index (κ1) is 13.7. The van der Waals surface area contributed by atoms with Gasteiger partial charge in [-0.3, -0.25) is 0 Å². The van der Waals surface area contributed by atoms with Crippen molar-refractivity contribution in [1.82, 2.24) is 10.2 Å². The zero-order valence-corrected chi connectivity index (χ0v) is 10.9. The highest BCUT2D eigenvalue weighted by molar-refractivity contribution is 5.78. The van der Waals surface area contributed by atoms with Crippen molar-refractivity contribution in [3.8, 4) is 0 Å². The van der Waals surface area contributed by atoms with Crippen LogP contribution in [0.4, 0.5) is 13.6 Å². The zero-order valence-electron chi connectivity index (χ0n) is 10.9. The molecule has 6 heteroatoms. The second-order valence-electron chi connectivity index (χ2n) is 5.30. The van der Waals surface area contributed by atoms with Gasteiger partial charge >= 0.3 is 6.03 Å². The Morgan fingerprint density at radius 3 is 2.68 bits per heavy atom. The molecule has 1 aromatic rings. The van der Waals surface area contributed by atoms with Gasteiger partial charge in [0.15, 0.2) is 11.6 Å². The molecule has 2 amide bonds. The monoisotopic (exact) mass is 269 g/mol. The zero-order chi connectivity index (χ0) is 14.2. The molecule has 3 N–H and O–H groups in total. The first-order valence-corrected chi connectivity index (χ1v) is 6.08. The Morgan fingerprint density at radius 1 is 1.42 bits per heavy atom. The summed E-state index contributed by atoms with van der Waals surface area (Å²) in [6.45, 7) is 4.43. The highest BCUT2D eigenvalue weighted by Gasteiger charge is 2.38. The van der Waals surface area contributed by atoms with Gasteiger partial charge in [0, 0.05) is 13.1 Å². The summed E-state index contributed by atoms with van der Waals surface area (Å²) in [6.07, 6.45) is 0. The van der Waals surface area contributed by atoms with Crippen LogP contribution in [0.2, 0.25) is 0 Å². The van der Waals surface area contributed by atoms with E-state index in [0.717, 1.165) is 12.1 Å². The third-order valence-electron chi connectivity index (χ3n) is 3.48. The van der Waals surface area contributed by atoms with E-state index in [-0.39, 0.29) is 12.1 Å². The summed E-state index contributed by atoms with van der Waals surface area (Å²) in [5, 5.41) is 2.75. The lowest BCUT2D eigenvalue weighted by molar-refractivity contribution is 0.163. The molecule has 1 saturated heterocycles. The number of nitrogens with two attached hydrogens (primary N) is 1. The Labute approximate surface area is 110 Å². The predicted octanol–water partition coefficient (Wildman–Crippen LogP) is 1.77. The number of halogens is 2. The first-order valence-electron chi connectivity index (χ1n) is 6.08.